The Morgan fingerprint density at radius 1 is 0.667 bits per heavy atom. The van der Waals surface area contributed by atoms with Crippen molar-refractivity contribution in [3.63, 3.8) is 0 Å². The van der Waals surface area contributed by atoms with Crippen molar-refractivity contribution in [1.29, 1.82) is 0 Å². The molecule has 144 valence electrons. The highest BCUT2D eigenvalue weighted by atomic mass is 15.4. The molecule has 0 unspecified atom stereocenters. The van der Waals surface area contributed by atoms with Crippen molar-refractivity contribution in [2.24, 2.45) is 5.10 Å². The van der Waals surface area contributed by atoms with Crippen molar-refractivity contribution in [3.05, 3.63) is 115 Å². The summed E-state index contributed by atoms with van der Waals surface area (Å²) in [6.07, 6.45) is 5.54. The maximum atomic E-state index is 4.86. The third-order valence-electron chi connectivity index (χ3n) is 5.09. The third kappa shape index (κ3) is 3.63. The number of pyridine rings is 2. The molecule has 0 saturated heterocycles. The Bertz CT molecular complexity index is 1320. The molecule has 0 aliphatic heterocycles. The first-order valence-corrected chi connectivity index (χ1v) is 9.91. The Morgan fingerprint density at radius 3 is 2.13 bits per heavy atom. The van der Waals surface area contributed by atoms with Gasteiger partial charge in [0.05, 0.1) is 29.5 Å². The van der Waals surface area contributed by atoms with Crippen molar-refractivity contribution >= 4 is 33.7 Å². The summed E-state index contributed by atoms with van der Waals surface area (Å²) in [5.41, 5.74) is 5.09. The average molecular weight is 388 g/mol. The Hall–Kier alpha value is -4.05. The van der Waals surface area contributed by atoms with Gasteiger partial charge in [0.15, 0.2) is 0 Å². The lowest BCUT2D eigenvalue weighted by Gasteiger charge is -2.20. The molecule has 2 aromatic heterocycles. The highest BCUT2D eigenvalue weighted by Gasteiger charge is 2.09. The summed E-state index contributed by atoms with van der Waals surface area (Å²) in [4.78, 5) is 9.14. The molecule has 0 aliphatic rings. The molecule has 0 spiro atoms. The van der Waals surface area contributed by atoms with E-state index in [-0.39, 0.29) is 0 Å². The first-order valence-electron chi connectivity index (χ1n) is 9.91. The molecule has 0 atom stereocenters. The lowest BCUT2D eigenvalue weighted by atomic mass is 10.1. The van der Waals surface area contributed by atoms with Gasteiger partial charge in [-0.3, -0.25) is 15.0 Å². The van der Waals surface area contributed by atoms with Gasteiger partial charge in [0.1, 0.15) is 0 Å². The van der Waals surface area contributed by atoms with Crippen molar-refractivity contribution in [2.75, 3.05) is 5.01 Å². The van der Waals surface area contributed by atoms with E-state index in [1.54, 1.807) is 0 Å². The molecule has 0 fully saturated rings. The Balaban J connectivity index is 1.55. The van der Waals surface area contributed by atoms with Crippen LogP contribution in [0, 0.1) is 0 Å². The van der Waals surface area contributed by atoms with Crippen LogP contribution in [0.3, 0.4) is 0 Å². The lowest BCUT2D eigenvalue weighted by Crippen LogP contribution is -2.16. The van der Waals surface area contributed by atoms with Gasteiger partial charge in [-0.05, 0) is 29.8 Å². The van der Waals surface area contributed by atoms with Crippen LogP contribution in [0.2, 0.25) is 0 Å². The lowest BCUT2D eigenvalue weighted by molar-refractivity contribution is 0.862. The number of fused-ring (bicyclic) bond motifs is 2. The van der Waals surface area contributed by atoms with E-state index in [0.717, 1.165) is 38.6 Å². The molecule has 3 aromatic carbocycles. The molecule has 4 nitrogen and oxygen atoms in total. The molecule has 5 rings (SSSR count). The number of aromatic nitrogens is 2. The van der Waals surface area contributed by atoms with Crippen LogP contribution in [0.4, 0.5) is 5.69 Å². The highest BCUT2D eigenvalue weighted by molar-refractivity contribution is 5.97. The molecular formula is C26H20N4. The van der Waals surface area contributed by atoms with Gasteiger partial charge in [-0.2, -0.15) is 5.10 Å². The molecule has 5 aromatic rings. The minimum Gasteiger partial charge on any atom is -0.261 e. The van der Waals surface area contributed by atoms with Crippen molar-refractivity contribution in [1.82, 2.24) is 9.97 Å². The number of hydrazone groups is 1. The first-order chi connectivity index (χ1) is 14.9. The number of para-hydroxylation sites is 3. The second-order valence-electron chi connectivity index (χ2n) is 7.05. The average Bonchev–Trinajstić information content (AvgIpc) is 2.82. The zero-order valence-electron chi connectivity index (χ0n) is 16.4. The number of rotatable bonds is 5. The summed E-state index contributed by atoms with van der Waals surface area (Å²) in [6, 6.07) is 30.7. The topological polar surface area (TPSA) is 41.4 Å². The van der Waals surface area contributed by atoms with E-state index in [4.69, 9.17) is 5.10 Å². The fourth-order valence-electron chi connectivity index (χ4n) is 3.62. The molecule has 0 N–H and O–H groups in total. The molecule has 30 heavy (non-hydrogen) atoms. The van der Waals surface area contributed by atoms with Gasteiger partial charge in [0, 0.05) is 28.7 Å². The molecule has 0 radical (unpaired) electrons. The summed E-state index contributed by atoms with van der Waals surface area (Å²) in [7, 11) is 0. The molecule has 0 saturated carbocycles. The van der Waals surface area contributed by atoms with Gasteiger partial charge in [-0.15, -0.1) is 0 Å². The van der Waals surface area contributed by atoms with E-state index < -0.39 is 0 Å². The predicted octanol–water partition coefficient (Wildman–Crippen LogP) is 5.82. The normalized spacial score (nSPS) is 11.3. The molecule has 0 aliphatic carbocycles. The van der Waals surface area contributed by atoms with Gasteiger partial charge in [0.2, 0.25) is 0 Å². The highest BCUT2D eigenvalue weighted by Crippen LogP contribution is 2.22. The number of hydrogen-bond donors (Lipinski definition) is 0. The van der Waals surface area contributed by atoms with E-state index >= 15 is 0 Å². The standard InChI is InChI=1S/C26H20N4/c1-2-14-24(15-3-1)30(19-23-11-5-9-21-13-7-17-28-26(21)23)29-18-22-10-4-8-20-12-6-16-27-25(20)22/h1-18H,19H2/b29-18+. The van der Waals surface area contributed by atoms with E-state index in [0.29, 0.717) is 6.54 Å². The number of hydrogen-bond acceptors (Lipinski definition) is 4. The van der Waals surface area contributed by atoms with Crippen LogP contribution in [0.1, 0.15) is 11.1 Å². The Labute approximate surface area is 175 Å². The molecule has 4 heteroatoms. The fourth-order valence-corrected chi connectivity index (χ4v) is 3.62. The summed E-state index contributed by atoms with van der Waals surface area (Å²) in [6.45, 7) is 0.618. The van der Waals surface area contributed by atoms with Gasteiger partial charge in [-0.1, -0.05) is 66.7 Å². The van der Waals surface area contributed by atoms with Crippen LogP contribution in [-0.2, 0) is 6.54 Å². The minimum absolute atomic E-state index is 0.618. The van der Waals surface area contributed by atoms with E-state index in [9.17, 15) is 0 Å². The molecule has 2 heterocycles. The summed E-state index contributed by atoms with van der Waals surface area (Å²) in [5, 5.41) is 9.09. The van der Waals surface area contributed by atoms with E-state index in [2.05, 4.69) is 58.5 Å². The number of anilines is 1. The maximum Gasteiger partial charge on any atom is 0.0790 e. The molecular weight excluding hydrogens is 368 g/mol. The summed E-state index contributed by atoms with van der Waals surface area (Å²) in [5.74, 6) is 0. The van der Waals surface area contributed by atoms with Crippen LogP contribution in [0.25, 0.3) is 21.8 Å². The number of benzene rings is 3. The van der Waals surface area contributed by atoms with Gasteiger partial charge < -0.3 is 0 Å². The predicted molar refractivity (Wildman–Crippen MR) is 124 cm³/mol. The smallest absolute Gasteiger partial charge is 0.0790 e. The zero-order valence-corrected chi connectivity index (χ0v) is 16.4. The fraction of sp³-hybridized carbons (Fsp3) is 0.0385. The quantitative estimate of drug-likeness (QED) is 0.281. The minimum atomic E-state index is 0.618. The summed E-state index contributed by atoms with van der Waals surface area (Å²) < 4.78 is 0. The molecule has 0 bridgehead atoms. The van der Waals surface area contributed by atoms with Crippen LogP contribution in [0.15, 0.2) is 108 Å². The second kappa shape index (κ2) is 8.13. The van der Waals surface area contributed by atoms with Gasteiger partial charge >= 0.3 is 0 Å². The van der Waals surface area contributed by atoms with Gasteiger partial charge in [-0.25, -0.2) is 0 Å². The van der Waals surface area contributed by atoms with Crippen LogP contribution in [-0.4, -0.2) is 16.2 Å². The Morgan fingerprint density at radius 2 is 1.33 bits per heavy atom. The van der Waals surface area contributed by atoms with Crippen molar-refractivity contribution < 1.29 is 0 Å². The van der Waals surface area contributed by atoms with Crippen molar-refractivity contribution in [2.45, 2.75) is 6.54 Å². The molecule has 0 amide bonds. The monoisotopic (exact) mass is 388 g/mol. The van der Waals surface area contributed by atoms with Crippen LogP contribution in [0.5, 0.6) is 0 Å². The van der Waals surface area contributed by atoms with E-state index in [1.165, 1.54) is 0 Å². The second-order valence-corrected chi connectivity index (χ2v) is 7.05. The maximum absolute atomic E-state index is 4.86. The van der Waals surface area contributed by atoms with Crippen molar-refractivity contribution in [3.8, 4) is 0 Å². The largest absolute Gasteiger partial charge is 0.261 e. The van der Waals surface area contributed by atoms with Crippen LogP contribution >= 0.6 is 0 Å². The van der Waals surface area contributed by atoms with Gasteiger partial charge in [0.25, 0.3) is 0 Å². The number of nitrogens with zero attached hydrogens (tertiary/aromatic N) is 4. The van der Waals surface area contributed by atoms with E-state index in [1.807, 2.05) is 66.1 Å². The zero-order chi connectivity index (χ0) is 20.2. The SMILES string of the molecule is C(=N\N(Cc1cccc2cccnc12)c1ccccc1)/c1cccc2cccnc12. The third-order valence-corrected chi connectivity index (χ3v) is 5.09. The Kier molecular flexibility index (Phi) is 4.88. The van der Waals surface area contributed by atoms with Crippen LogP contribution < -0.4 is 5.01 Å². The first kappa shape index (κ1) is 18.0. The summed E-state index contributed by atoms with van der Waals surface area (Å²) >= 11 is 0.